The van der Waals surface area contributed by atoms with Crippen molar-refractivity contribution in [3.63, 3.8) is 0 Å². The van der Waals surface area contributed by atoms with Crippen LogP contribution in [0.3, 0.4) is 0 Å². The van der Waals surface area contributed by atoms with Gasteiger partial charge in [-0.25, -0.2) is 4.21 Å². The molecular weight excluding hydrogens is 110 g/mol. The zero-order valence-electron chi connectivity index (χ0n) is 1.30. The van der Waals surface area contributed by atoms with E-state index < -0.39 is 11.9 Å². The van der Waals surface area contributed by atoms with E-state index in [-0.39, 0.29) is 59.1 Å². The summed E-state index contributed by atoms with van der Waals surface area (Å²) in [5.41, 5.74) is 0. The van der Waals surface area contributed by atoms with Gasteiger partial charge in [0.1, 0.15) is 11.9 Å². The van der Waals surface area contributed by atoms with Gasteiger partial charge in [-0.2, -0.15) is 0 Å². The van der Waals surface area contributed by atoms with E-state index in [0.717, 1.165) is 0 Å². The average Bonchev–Trinajstić information content (AvgIpc) is 0.918. The Bertz CT molecular complexity index is 15.1. The Hall–Kier alpha value is 2.11. The van der Waals surface area contributed by atoms with E-state index in [1.165, 1.54) is 0 Å². The molecule has 0 aromatic rings. The second-order valence-electron chi connectivity index (χ2n) is 0.0816. The minimum atomic E-state index is -0.833. The first-order valence-corrected chi connectivity index (χ1v) is 1.15. The quantitative estimate of drug-likeness (QED) is 0.219. The number of thiol groups is 1. The van der Waals surface area contributed by atoms with Crippen LogP contribution in [0.5, 0.6) is 0 Å². The molecule has 0 aliphatic carbocycles. The predicted molar refractivity (Wildman–Crippen MR) is 26.5 cm³/mol. The van der Waals surface area contributed by atoms with Crippen molar-refractivity contribution in [2.24, 2.45) is 0 Å². The molecule has 0 unspecified atom stereocenters. The summed E-state index contributed by atoms with van der Waals surface area (Å²) >= 11 is -0.833. The van der Waals surface area contributed by atoms with E-state index in [4.69, 9.17) is 8.76 Å². The van der Waals surface area contributed by atoms with Crippen molar-refractivity contribution in [2.45, 2.75) is 0 Å². The van der Waals surface area contributed by atoms with E-state index in [1.807, 2.05) is 0 Å². The van der Waals surface area contributed by atoms with Gasteiger partial charge in [0.2, 0.25) is 0 Å². The molecule has 0 atom stereocenters. The van der Waals surface area contributed by atoms with Crippen LogP contribution in [-0.4, -0.2) is 67.9 Å². The maximum atomic E-state index is 8.46. The van der Waals surface area contributed by atoms with Crippen molar-refractivity contribution in [3.8, 4) is 0 Å². The van der Waals surface area contributed by atoms with Crippen molar-refractivity contribution < 1.29 is 8.76 Å². The molecule has 0 spiro atoms. The van der Waals surface area contributed by atoms with Gasteiger partial charge >= 0.3 is 59.1 Å². The summed E-state index contributed by atoms with van der Waals surface area (Å²) in [6.07, 6.45) is 0. The first-order chi connectivity index (χ1) is 1.41. The summed E-state index contributed by atoms with van der Waals surface area (Å²) in [4.78, 5) is 0. The molecule has 0 saturated heterocycles. The van der Waals surface area contributed by atoms with Crippen LogP contribution in [0.1, 0.15) is 0 Å². The summed E-state index contributed by atoms with van der Waals surface area (Å²) in [7, 11) is 0. The Morgan fingerprint density at radius 3 is 1.40 bits per heavy atom. The van der Waals surface area contributed by atoms with Gasteiger partial charge in [0.05, 0.1) is 0 Å². The molecule has 0 rings (SSSR count). The third-order valence-corrected chi connectivity index (χ3v) is 0. The molecule has 0 aromatic carbocycles. The molecular formula is H4Na2O2S. The zero-order chi connectivity index (χ0) is 2.71. The number of hydrogen-bond acceptors (Lipinski definition) is 1. The van der Waals surface area contributed by atoms with Crippen LogP contribution in [0.25, 0.3) is 0 Å². The molecule has 0 bridgehead atoms. The average molecular weight is 114 g/mol. The molecule has 0 heterocycles. The van der Waals surface area contributed by atoms with E-state index >= 15 is 0 Å². The Morgan fingerprint density at radius 1 is 1.40 bits per heavy atom. The molecule has 24 valence electrons. The summed E-state index contributed by atoms with van der Waals surface area (Å²) in [5.74, 6) is 0. The van der Waals surface area contributed by atoms with Crippen molar-refractivity contribution in [3.05, 3.63) is 0 Å². The summed E-state index contributed by atoms with van der Waals surface area (Å²) in [6, 6.07) is 0. The van der Waals surface area contributed by atoms with Gasteiger partial charge in [-0.3, -0.25) is 0 Å². The second-order valence-corrected chi connectivity index (χ2v) is 0.245. The van der Waals surface area contributed by atoms with Crippen LogP contribution < -0.4 is 0 Å². The topological polar surface area (TPSA) is 37.3 Å². The van der Waals surface area contributed by atoms with Crippen molar-refractivity contribution in [2.75, 3.05) is 0 Å². The van der Waals surface area contributed by atoms with Crippen LogP contribution in [0, 0.1) is 0 Å². The third-order valence-electron chi connectivity index (χ3n) is 0. The number of hydrogen-bond donors (Lipinski definition) is 2. The molecule has 0 aliphatic heterocycles. The molecule has 0 aromatic heterocycles. The zero-order valence-corrected chi connectivity index (χ0v) is 2.20. The summed E-state index contributed by atoms with van der Waals surface area (Å²) in [5, 5.41) is 0. The molecule has 2 nitrogen and oxygen atoms in total. The third kappa shape index (κ3) is 23.2. The van der Waals surface area contributed by atoms with Crippen molar-refractivity contribution >= 4 is 71.1 Å². The summed E-state index contributed by atoms with van der Waals surface area (Å²) < 4.78 is 15.4. The van der Waals surface area contributed by atoms with Gasteiger partial charge in [-0.1, -0.05) is 0 Å². The molecule has 5 heavy (non-hydrogen) atoms. The minimum absolute atomic E-state index is 0. The fraction of sp³-hybridized carbons (Fsp3) is 0. The van der Waals surface area contributed by atoms with Crippen LogP contribution >= 0.6 is 0 Å². The SMILES string of the molecule is O=[SH]O.[NaH].[NaH]. The van der Waals surface area contributed by atoms with Crippen LogP contribution in [0.4, 0.5) is 0 Å². The summed E-state index contributed by atoms with van der Waals surface area (Å²) in [6.45, 7) is 0. The fourth-order valence-corrected chi connectivity index (χ4v) is 0. The van der Waals surface area contributed by atoms with Crippen LogP contribution in [0.2, 0.25) is 0 Å². The van der Waals surface area contributed by atoms with Crippen molar-refractivity contribution in [1.82, 2.24) is 0 Å². The standard InChI is InChI=1S/2Na.H2O2S.2H/c;;1-3-2;;/h;;3H,(H,1,2);;. The molecule has 1 N–H and O–H groups in total. The van der Waals surface area contributed by atoms with Crippen LogP contribution in [-0.2, 0) is 11.9 Å². The van der Waals surface area contributed by atoms with Gasteiger partial charge in [0.25, 0.3) is 0 Å². The molecule has 0 radical (unpaired) electrons. The van der Waals surface area contributed by atoms with Gasteiger partial charge < -0.3 is 4.55 Å². The second kappa shape index (κ2) is 16.5. The van der Waals surface area contributed by atoms with Gasteiger partial charge in [0.15, 0.2) is 0 Å². The van der Waals surface area contributed by atoms with Gasteiger partial charge in [0, 0.05) is 0 Å². The first kappa shape index (κ1) is 15.7. The van der Waals surface area contributed by atoms with E-state index in [2.05, 4.69) is 0 Å². The monoisotopic (exact) mass is 114 g/mol. The predicted octanol–water partition coefficient (Wildman–Crippen LogP) is -1.89. The Labute approximate surface area is 78.6 Å². The van der Waals surface area contributed by atoms with Gasteiger partial charge in [-0.15, -0.1) is 0 Å². The van der Waals surface area contributed by atoms with Crippen molar-refractivity contribution in [1.29, 1.82) is 0 Å². The maximum absolute atomic E-state index is 8.46. The Morgan fingerprint density at radius 2 is 1.40 bits per heavy atom. The Balaban J connectivity index is -0.0000000200. The molecule has 5 heteroatoms. The molecule has 0 amide bonds. The van der Waals surface area contributed by atoms with Crippen LogP contribution in [0.15, 0.2) is 0 Å². The molecule has 0 saturated carbocycles. The van der Waals surface area contributed by atoms with E-state index in [9.17, 15) is 0 Å². The Kier molecular flexibility index (Phi) is 51.8. The van der Waals surface area contributed by atoms with E-state index in [0.29, 0.717) is 0 Å². The number of rotatable bonds is 0. The molecule has 0 aliphatic rings. The fourth-order valence-electron chi connectivity index (χ4n) is 0. The normalized spacial score (nSPS) is 3.40. The first-order valence-electron chi connectivity index (χ1n) is 0.383. The van der Waals surface area contributed by atoms with Gasteiger partial charge in [-0.05, 0) is 0 Å². The molecule has 0 fully saturated rings. The van der Waals surface area contributed by atoms with E-state index in [1.54, 1.807) is 0 Å².